The summed E-state index contributed by atoms with van der Waals surface area (Å²) in [5.74, 6) is -1.13. The molecule has 3 rings (SSSR count). The standard InChI is InChI=1S/C27H27Cl2FN2O2/c1-18(2)31-27(34)25(14-19-8-4-3-5-9-19)32(17-21-12-13-22(28)16-23(21)29)26(33)15-20-10-6-7-11-24(20)30/h3-13,16,18,25H,14-15,17H2,1-2H3,(H,31,34)/t25-/m0/s1. The summed E-state index contributed by atoms with van der Waals surface area (Å²) in [6, 6.07) is 19.7. The van der Waals surface area contributed by atoms with E-state index in [2.05, 4.69) is 5.32 Å². The van der Waals surface area contributed by atoms with E-state index in [1.54, 1.807) is 36.4 Å². The number of carbonyl (C=O) groups is 2. The first-order valence-electron chi connectivity index (χ1n) is 11.1. The molecule has 0 heterocycles. The minimum Gasteiger partial charge on any atom is -0.352 e. The molecule has 0 bridgehead atoms. The number of halogens is 3. The summed E-state index contributed by atoms with van der Waals surface area (Å²) in [4.78, 5) is 28.4. The Kier molecular flexibility index (Phi) is 9.08. The molecule has 0 fully saturated rings. The van der Waals surface area contributed by atoms with Gasteiger partial charge in [-0.25, -0.2) is 4.39 Å². The quantitative estimate of drug-likeness (QED) is 0.401. The maximum Gasteiger partial charge on any atom is 0.243 e. The number of rotatable bonds is 9. The van der Waals surface area contributed by atoms with E-state index in [4.69, 9.17) is 23.2 Å². The van der Waals surface area contributed by atoms with E-state index in [1.165, 1.54) is 11.0 Å². The highest BCUT2D eigenvalue weighted by Gasteiger charge is 2.31. The number of hydrogen-bond donors (Lipinski definition) is 1. The molecule has 0 saturated heterocycles. The van der Waals surface area contributed by atoms with E-state index in [9.17, 15) is 14.0 Å². The molecular formula is C27H27Cl2FN2O2. The van der Waals surface area contributed by atoms with Crippen LogP contribution in [0.3, 0.4) is 0 Å². The van der Waals surface area contributed by atoms with E-state index in [-0.39, 0.29) is 36.4 Å². The largest absolute Gasteiger partial charge is 0.352 e. The van der Waals surface area contributed by atoms with E-state index >= 15 is 0 Å². The van der Waals surface area contributed by atoms with Crippen molar-refractivity contribution in [3.8, 4) is 0 Å². The van der Waals surface area contributed by atoms with Gasteiger partial charge < -0.3 is 10.2 Å². The van der Waals surface area contributed by atoms with Crippen molar-refractivity contribution in [1.82, 2.24) is 10.2 Å². The molecular weight excluding hydrogens is 474 g/mol. The van der Waals surface area contributed by atoms with E-state index in [0.29, 0.717) is 22.0 Å². The maximum atomic E-state index is 14.3. The minimum atomic E-state index is -0.823. The van der Waals surface area contributed by atoms with E-state index in [0.717, 1.165) is 5.56 Å². The van der Waals surface area contributed by atoms with Crippen LogP contribution in [0.15, 0.2) is 72.8 Å². The fraction of sp³-hybridized carbons (Fsp3) is 0.259. The van der Waals surface area contributed by atoms with Gasteiger partial charge in [-0.1, -0.05) is 77.8 Å². The first-order valence-corrected chi connectivity index (χ1v) is 11.8. The van der Waals surface area contributed by atoms with Gasteiger partial charge in [0.15, 0.2) is 0 Å². The van der Waals surface area contributed by atoms with Crippen LogP contribution in [-0.4, -0.2) is 28.8 Å². The molecule has 4 nitrogen and oxygen atoms in total. The molecule has 3 aromatic rings. The van der Waals surface area contributed by atoms with Crippen LogP contribution in [0.2, 0.25) is 10.0 Å². The van der Waals surface area contributed by atoms with Gasteiger partial charge >= 0.3 is 0 Å². The van der Waals surface area contributed by atoms with Crippen LogP contribution >= 0.6 is 23.2 Å². The van der Waals surface area contributed by atoms with Crippen molar-refractivity contribution in [2.75, 3.05) is 0 Å². The van der Waals surface area contributed by atoms with Crippen molar-refractivity contribution < 1.29 is 14.0 Å². The third-order valence-electron chi connectivity index (χ3n) is 5.36. The monoisotopic (exact) mass is 500 g/mol. The lowest BCUT2D eigenvalue weighted by Gasteiger charge is -2.32. The van der Waals surface area contributed by atoms with Crippen molar-refractivity contribution in [3.05, 3.63) is 105 Å². The second-order valence-electron chi connectivity index (χ2n) is 8.39. The lowest BCUT2D eigenvalue weighted by molar-refractivity contribution is -0.141. The molecule has 0 unspecified atom stereocenters. The Balaban J connectivity index is 2.01. The zero-order valence-corrected chi connectivity index (χ0v) is 20.6. The van der Waals surface area contributed by atoms with Gasteiger partial charge in [-0.05, 0) is 48.7 Å². The summed E-state index contributed by atoms with van der Waals surface area (Å²) < 4.78 is 14.3. The average molecular weight is 501 g/mol. The number of carbonyl (C=O) groups excluding carboxylic acids is 2. The van der Waals surface area contributed by atoms with Gasteiger partial charge in [-0.15, -0.1) is 0 Å². The molecule has 1 atom stereocenters. The Morgan fingerprint density at radius 3 is 2.26 bits per heavy atom. The molecule has 7 heteroatoms. The van der Waals surface area contributed by atoms with Crippen molar-refractivity contribution in [3.63, 3.8) is 0 Å². The predicted octanol–water partition coefficient (Wildman–Crippen LogP) is 5.84. The Morgan fingerprint density at radius 2 is 1.62 bits per heavy atom. The fourth-order valence-corrected chi connectivity index (χ4v) is 4.14. The van der Waals surface area contributed by atoms with Gasteiger partial charge in [0, 0.05) is 29.1 Å². The molecule has 0 radical (unpaired) electrons. The van der Waals surface area contributed by atoms with Crippen LogP contribution in [0.1, 0.15) is 30.5 Å². The summed E-state index contributed by atoms with van der Waals surface area (Å²) in [6.45, 7) is 3.80. The molecule has 1 N–H and O–H groups in total. The van der Waals surface area contributed by atoms with Gasteiger partial charge in [0.2, 0.25) is 11.8 Å². The molecule has 3 aromatic carbocycles. The molecule has 0 aromatic heterocycles. The highest BCUT2D eigenvalue weighted by molar-refractivity contribution is 6.35. The minimum absolute atomic E-state index is 0.0757. The molecule has 0 spiro atoms. The maximum absolute atomic E-state index is 14.3. The Bertz CT molecular complexity index is 1140. The summed E-state index contributed by atoms with van der Waals surface area (Å²) in [6.07, 6.45) is 0.117. The van der Waals surface area contributed by atoms with Crippen LogP contribution in [0.25, 0.3) is 0 Å². The van der Waals surface area contributed by atoms with Gasteiger partial charge in [0.05, 0.1) is 6.42 Å². The third kappa shape index (κ3) is 7.05. The number of nitrogens with one attached hydrogen (secondary N) is 1. The number of benzene rings is 3. The molecule has 0 aliphatic carbocycles. The summed E-state index contributed by atoms with van der Waals surface area (Å²) in [5.41, 5.74) is 1.81. The van der Waals surface area contributed by atoms with Gasteiger partial charge in [0.25, 0.3) is 0 Å². The molecule has 178 valence electrons. The highest BCUT2D eigenvalue weighted by atomic mass is 35.5. The Morgan fingerprint density at radius 1 is 0.941 bits per heavy atom. The number of nitrogens with zero attached hydrogens (tertiary/aromatic N) is 1. The highest BCUT2D eigenvalue weighted by Crippen LogP contribution is 2.25. The third-order valence-corrected chi connectivity index (χ3v) is 5.94. The zero-order chi connectivity index (χ0) is 24.7. The summed E-state index contributed by atoms with van der Waals surface area (Å²) >= 11 is 12.5. The molecule has 0 aliphatic rings. The fourth-order valence-electron chi connectivity index (χ4n) is 3.67. The van der Waals surface area contributed by atoms with Crippen molar-refractivity contribution in [1.29, 1.82) is 0 Å². The summed E-state index contributed by atoms with van der Waals surface area (Å²) in [7, 11) is 0. The molecule has 2 amide bonds. The summed E-state index contributed by atoms with van der Waals surface area (Å²) in [5, 5.41) is 3.78. The van der Waals surface area contributed by atoms with Crippen molar-refractivity contribution in [2.45, 2.75) is 45.3 Å². The van der Waals surface area contributed by atoms with Gasteiger partial charge in [0.1, 0.15) is 11.9 Å². The first kappa shape index (κ1) is 25.7. The van der Waals surface area contributed by atoms with Crippen molar-refractivity contribution >= 4 is 35.0 Å². The SMILES string of the molecule is CC(C)NC(=O)[C@H](Cc1ccccc1)N(Cc1ccc(Cl)cc1Cl)C(=O)Cc1ccccc1F. The number of hydrogen-bond acceptors (Lipinski definition) is 2. The van der Waals surface area contributed by atoms with Crippen LogP contribution in [-0.2, 0) is 29.0 Å². The predicted molar refractivity (Wildman–Crippen MR) is 134 cm³/mol. The number of amides is 2. The van der Waals surface area contributed by atoms with Crippen LogP contribution in [0, 0.1) is 5.82 Å². The van der Waals surface area contributed by atoms with E-state index in [1.807, 2.05) is 44.2 Å². The van der Waals surface area contributed by atoms with E-state index < -0.39 is 11.9 Å². The lowest BCUT2D eigenvalue weighted by Crippen LogP contribution is -2.52. The zero-order valence-electron chi connectivity index (χ0n) is 19.1. The molecule has 0 saturated carbocycles. The second-order valence-corrected chi connectivity index (χ2v) is 9.24. The first-order chi connectivity index (χ1) is 16.2. The lowest BCUT2D eigenvalue weighted by atomic mass is 10.0. The van der Waals surface area contributed by atoms with Gasteiger partial charge in [-0.3, -0.25) is 9.59 Å². The Hall–Kier alpha value is -2.89. The smallest absolute Gasteiger partial charge is 0.243 e. The van der Waals surface area contributed by atoms with Crippen LogP contribution < -0.4 is 5.32 Å². The van der Waals surface area contributed by atoms with Gasteiger partial charge in [-0.2, -0.15) is 0 Å². The second kappa shape index (κ2) is 12.0. The topological polar surface area (TPSA) is 49.4 Å². The molecule has 0 aliphatic heterocycles. The average Bonchev–Trinajstić information content (AvgIpc) is 2.79. The van der Waals surface area contributed by atoms with Crippen molar-refractivity contribution in [2.24, 2.45) is 0 Å². The van der Waals surface area contributed by atoms with Crippen LogP contribution in [0.4, 0.5) is 4.39 Å². The molecule has 34 heavy (non-hydrogen) atoms. The Labute approximate surface area is 209 Å². The normalized spacial score (nSPS) is 11.8. The van der Waals surface area contributed by atoms with Crippen LogP contribution in [0.5, 0.6) is 0 Å².